The maximum absolute atomic E-state index is 5.27. The number of rotatable bonds is 4. The van der Waals surface area contributed by atoms with Crippen LogP contribution in [0.15, 0.2) is 59.9 Å². The van der Waals surface area contributed by atoms with Gasteiger partial charge in [0.05, 0.1) is 14.2 Å². The number of halogens is 1. The van der Waals surface area contributed by atoms with E-state index in [2.05, 4.69) is 39.6 Å². The summed E-state index contributed by atoms with van der Waals surface area (Å²) in [6.45, 7) is 1.03. The number of nitrogens with zero attached hydrogens (tertiary/aromatic N) is 2. The van der Waals surface area contributed by atoms with Crippen molar-refractivity contribution in [2.45, 2.75) is 11.7 Å². The predicted molar refractivity (Wildman–Crippen MR) is 95.2 cm³/mol. The Morgan fingerprint density at radius 1 is 0.920 bits per heavy atom. The third-order valence-corrected chi connectivity index (χ3v) is 5.32. The molecule has 0 unspecified atom stereocenters. The quantitative estimate of drug-likeness (QED) is 0.579. The average molecular weight is 419 g/mol. The Morgan fingerprint density at radius 2 is 1.52 bits per heavy atom. The van der Waals surface area contributed by atoms with Crippen LogP contribution in [0, 0.1) is 0 Å². The molecule has 1 aliphatic rings. The van der Waals surface area contributed by atoms with Gasteiger partial charge >= 0.3 is 5.16 Å². The number of methoxy groups -OCH3 is 2. The number of benzene rings is 2. The molecule has 0 amide bonds. The van der Waals surface area contributed by atoms with Gasteiger partial charge in [-0.15, -0.1) is 0 Å². The minimum Gasteiger partial charge on any atom is -1.00 e. The number of imidazole rings is 1. The topological polar surface area (TPSA) is 27.3 Å². The van der Waals surface area contributed by atoms with Crippen LogP contribution in [0.25, 0.3) is 16.9 Å². The molecule has 3 aromatic rings. The minimum absolute atomic E-state index is 0. The van der Waals surface area contributed by atoms with Gasteiger partial charge in [-0.3, -0.25) is 0 Å². The Labute approximate surface area is 162 Å². The van der Waals surface area contributed by atoms with Crippen LogP contribution in [0.3, 0.4) is 0 Å². The van der Waals surface area contributed by atoms with Crippen molar-refractivity contribution in [3.05, 3.63) is 54.7 Å². The first-order valence-corrected chi connectivity index (χ1v) is 8.85. The highest BCUT2D eigenvalue weighted by molar-refractivity contribution is 7.99. The smallest absolute Gasteiger partial charge is 0.323 e. The van der Waals surface area contributed by atoms with Gasteiger partial charge in [0.2, 0.25) is 0 Å². The second-order valence-corrected chi connectivity index (χ2v) is 6.66. The predicted octanol–water partition coefficient (Wildman–Crippen LogP) is 0.559. The van der Waals surface area contributed by atoms with E-state index in [4.69, 9.17) is 9.47 Å². The second-order valence-electron chi connectivity index (χ2n) is 5.59. The Balaban J connectivity index is 0.00000182. The number of ether oxygens (including phenoxy) is 2. The third-order valence-electron chi connectivity index (χ3n) is 4.26. The van der Waals surface area contributed by atoms with Crippen LogP contribution in [-0.2, 0) is 6.54 Å². The van der Waals surface area contributed by atoms with Crippen molar-refractivity contribution >= 4 is 11.8 Å². The zero-order valence-electron chi connectivity index (χ0n) is 14.1. The fraction of sp³-hybridized carbons (Fsp3) is 0.211. The molecule has 25 heavy (non-hydrogen) atoms. The van der Waals surface area contributed by atoms with Gasteiger partial charge in [0.1, 0.15) is 29.9 Å². The van der Waals surface area contributed by atoms with Crippen molar-refractivity contribution in [3.8, 4) is 28.4 Å². The molecule has 4 rings (SSSR count). The molecule has 0 saturated carbocycles. The number of hydrogen-bond donors (Lipinski definition) is 0. The van der Waals surface area contributed by atoms with E-state index in [0.717, 1.165) is 29.5 Å². The van der Waals surface area contributed by atoms with E-state index in [9.17, 15) is 0 Å². The molecule has 0 spiro atoms. The maximum Gasteiger partial charge on any atom is 0.323 e. The lowest BCUT2D eigenvalue weighted by molar-refractivity contribution is -0.713. The summed E-state index contributed by atoms with van der Waals surface area (Å²) in [5, 5.41) is 1.27. The molecule has 0 fully saturated rings. The summed E-state index contributed by atoms with van der Waals surface area (Å²) < 4.78 is 15.2. The van der Waals surface area contributed by atoms with Crippen molar-refractivity contribution in [2.24, 2.45) is 0 Å². The molecule has 2 heterocycles. The number of aromatic nitrogens is 2. The standard InChI is InChI=1S/C19H19N2O2S.BrH/c1-22-16-7-3-14(4-8-16)18-13-21(19-20(18)11-12-24-19)15-5-9-17(23-2)10-6-15;/h3-10,13H,11-12H2,1-2H3;1H/q+1;/p-1. The van der Waals surface area contributed by atoms with E-state index in [1.54, 1.807) is 14.2 Å². The van der Waals surface area contributed by atoms with Crippen LogP contribution in [0.4, 0.5) is 0 Å². The van der Waals surface area contributed by atoms with Gasteiger partial charge in [0.25, 0.3) is 0 Å². The highest BCUT2D eigenvalue weighted by atomic mass is 79.9. The fourth-order valence-electron chi connectivity index (χ4n) is 2.99. The molecule has 0 aliphatic carbocycles. The van der Waals surface area contributed by atoms with E-state index in [-0.39, 0.29) is 17.0 Å². The van der Waals surface area contributed by atoms with Crippen molar-refractivity contribution < 1.29 is 31.0 Å². The lowest BCUT2D eigenvalue weighted by Gasteiger charge is -2.01. The first-order valence-electron chi connectivity index (χ1n) is 7.87. The zero-order chi connectivity index (χ0) is 16.5. The normalized spacial score (nSPS) is 12.4. The Bertz CT molecular complexity index is 790. The van der Waals surface area contributed by atoms with Crippen molar-refractivity contribution in [1.82, 2.24) is 4.57 Å². The van der Waals surface area contributed by atoms with Crippen LogP contribution >= 0.6 is 11.8 Å². The van der Waals surface area contributed by atoms with E-state index < -0.39 is 0 Å². The lowest BCUT2D eigenvalue weighted by atomic mass is 10.1. The molecule has 0 radical (unpaired) electrons. The molecule has 0 atom stereocenters. The van der Waals surface area contributed by atoms with E-state index in [1.807, 2.05) is 36.0 Å². The van der Waals surface area contributed by atoms with Crippen LogP contribution in [0.1, 0.15) is 0 Å². The largest absolute Gasteiger partial charge is 1.00 e. The van der Waals surface area contributed by atoms with Crippen LogP contribution in [0.5, 0.6) is 11.5 Å². The summed E-state index contributed by atoms with van der Waals surface area (Å²) in [6, 6.07) is 16.4. The summed E-state index contributed by atoms with van der Waals surface area (Å²) in [5.74, 6) is 2.86. The van der Waals surface area contributed by atoms with Gasteiger partial charge in [0, 0.05) is 11.3 Å². The molecule has 1 aliphatic heterocycles. The molecule has 6 heteroatoms. The number of fused-ring (bicyclic) bond motifs is 1. The molecular weight excluding hydrogens is 400 g/mol. The second kappa shape index (κ2) is 7.54. The molecule has 0 N–H and O–H groups in total. The Hall–Kier alpha value is -1.92. The van der Waals surface area contributed by atoms with Crippen molar-refractivity contribution in [1.29, 1.82) is 0 Å². The molecule has 2 aromatic carbocycles. The average Bonchev–Trinajstić information content (AvgIpc) is 3.24. The SMILES string of the molecule is COc1ccc(-c2cn(-c3ccc(OC)cc3)c3[n+]2CCS3)cc1.[Br-]. The first kappa shape index (κ1) is 17.9. The van der Waals surface area contributed by atoms with Gasteiger partial charge in [-0.2, -0.15) is 4.57 Å². The van der Waals surface area contributed by atoms with Crippen molar-refractivity contribution in [2.75, 3.05) is 20.0 Å². The highest BCUT2D eigenvalue weighted by Gasteiger charge is 2.30. The number of hydrogen-bond acceptors (Lipinski definition) is 3. The Kier molecular flexibility index (Phi) is 5.39. The van der Waals surface area contributed by atoms with Crippen LogP contribution in [0.2, 0.25) is 0 Å². The van der Waals surface area contributed by atoms with Crippen molar-refractivity contribution in [3.63, 3.8) is 0 Å². The lowest BCUT2D eigenvalue weighted by Crippen LogP contribution is -3.00. The van der Waals surface area contributed by atoms with E-state index in [0.29, 0.717) is 0 Å². The summed E-state index contributed by atoms with van der Waals surface area (Å²) in [6.07, 6.45) is 2.21. The maximum atomic E-state index is 5.27. The van der Waals surface area contributed by atoms with Crippen LogP contribution in [-0.4, -0.2) is 24.5 Å². The third kappa shape index (κ3) is 3.28. The van der Waals surface area contributed by atoms with Gasteiger partial charge < -0.3 is 26.5 Å². The van der Waals surface area contributed by atoms with Crippen LogP contribution < -0.4 is 31.0 Å². The monoisotopic (exact) mass is 418 g/mol. The minimum atomic E-state index is 0. The molecule has 1 aromatic heterocycles. The van der Waals surface area contributed by atoms with E-state index in [1.165, 1.54) is 16.4 Å². The molecule has 4 nitrogen and oxygen atoms in total. The first-order chi connectivity index (χ1) is 11.8. The molecule has 0 bridgehead atoms. The molecular formula is C19H19BrN2O2S. The fourth-order valence-corrected chi connectivity index (χ4v) is 4.09. The van der Waals surface area contributed by atoms with Gasteiger partial charge in [-0.1, -0.05) is 0 Å². The Morgan fingerprint density at radius 3 is 2.12 bits per heavy atom. The summed E-state index contributed by atoms with van der Waals surface area (Å²) in [4.78, 5) is 0. The van der Waals surface area contributed by atoms with Gasteiger partial charge in [-0.05, 0) is 60.3 Å². The summed E-state index contributed by atoms with van der Waals surface area (Å²) in [7, 11) is 3.38. The molecule has 130 valence electrons. The van der Waals surface area contributed by atoms with E-state index >= 15 is 0 Å². The zero-order valence-corrected chi connectivity index (χ0v) is 16.5. The molecule has 0 saturated heterocycles. The highest BCUT2D eigenvalue weighted by Crippen LogP contribution is 2.30. The number of thioether (sulfide) groups is 1. The van der Waals surface area contributed by atoms with Gasteiger partial charge in [0.15, 0.2) is 5.69 Å². The summed E-state index contributed by atoms with van der Waals surface area (Å²) in [5.41, 5.74) is 3.58. The van der Waals surface area contributed by atoms with Gasteiger partial charge in [-0.25, -0.2) is 4.57 Å². The summed E-state index contributed by atoms with van der Waals surface area (Å²) >= 11 is 1.89.